The van der Waals surface area contributed by atoms with Crippen molar-refractivity contribution in [2.45, 2.75) is 6.92 Å². The number of nitrogen functional groups attached to an aromatic ring is 1. The van der Waals surface area contributed by atoms with Crippen molar-refractivity contribution in [3.63, 3.8) is 0 Å². The molecule has 0 saturated carbocycles. The summed E-state index contributed by atoms with van der Waals surface area (Å²) < 4.78 is 0. The molecule has 0 aromatic heterocycles. The number of hydrogen-bond donors (Lipinski definition) is 1. The highest BCUT2D eigenvalue weighted by Gasteiger charge is 1.94. The van der Waals surface area contributed by atoms with Crippen LogP contribution in [0.3, 0.4) is 0 Å². The Balaban J connectivity index is 3.20. The van der Waals surface area contributed by atoms with E-state index in [4.69, 9.17) is 5.73 Å². The molecular weight excluding hydrogens is 146 g/mol. The molecule has 1 rings (SSSR count). The molecule has 0 fully saturated rings. The molecule has 0 unspecified atom stereocenters. The Morgan fingerprint density at radius 2 is 2.08 bits per heavy atom. The van der Waals surface area contributed by atoms with Crippen LogP contribution >= 0.6 is 0 Å². The van der Waals surface area contributed by atoms with Gasteiger partial charge in [-0.25, -0.2) is 0 Å². The summed E-state index contributed by atoms with van der Waals surface area (Å²) >= 11 is 0. The molecule has 1 aromatic carbocycles. The summed E-state index contributed by atoms with van der Waals surface area (Å²) in [6.45, 7) is 5.71. The van der Waals surface area contributed by atoms with Crippen LogP contribution in [0.5, 0.6) is 0 Å². The maximum absolute atomic E-state index is 5.64. The molecule has 0 bridgehead atoms. The summed E-state index contributed by atoms with van der Waals surface area (Å²) in [4.78, 5) is 0. The second-order valence-electron chi connectivity index (χ2n) is 2.59. The minimum absolute atomic E-state index is 0.786. The summed E-state index contributed by atoms with van der Waals surface area (Å²) in [6, 6.07) is 5.79. The lowest BCUT2D eigenvalue weighted by Crippen LogP contribution is -1.87. The summed E-state index contributed by atoms with van der Waals surface area (Å²) in [7, 11) is 0. The van der Waals surface area contributed by atoms with E-state index in [1.165, 1.54) is 0 Å². The second-order valence-corrected chi connectivity index (χ2v) is 2.59. The molecule has 0 aliphatic rings. The lowest BCUT2D eigenvalue weighted by Gasteiger charge is -2.01. The van der Waals surface area contributed by atoms with Crippen LogP contribution in [0, 0.1) is 0 Å². The Labute approximate surface area is 73.2 Å². The van der Waals surface area contributed by atoms with Crippen LogP contribution < -0.4 is 5.73 Å². The van der Waals surface area contributed by atoms with E-state index in [1.54, 1.807) is 0 Å². The number of anilines is 1. The Morgan fingerprint density at radius 3 is 2.67 bits per heavy atom. The average Bonchev–Trinajstić information content (AvgIpc) is 2.05. The zero-order chi connectivity index (χ0) is 8.97. The first kappa shape index (κ1) is 8.60. The van der Waals surface area contributed by atoms with Gasteiger partial charge in [-0.3, -0.25) is 0 Å². The molecule has 62 valence electrons. The molecule has 0 radical (unpaired) electrons. The molecule has 0 spiro atoms. The summed E-state index contributed by atoms with van der Waals surface area (Å²) in [5.41, 5.74) is 8.66. The molecule has 0 atom stereocenters. The van der Waals surface area contributed by atoms with E-state index in [2.05, 4.69) is 6.58 Å². The van der Waals surface area contributed by atoms with Gasteiger partial charge in [0.15, 0.2) is 0 Å². The molecule has 2 N–H and O–H groups in total. The third kappa shape index (κ3) is 1.76. The molecular formula is C11H13N. The van der Waals surface area contributed by atoms with Crippen LogP contribution in [-0.2, 0) is 0 Å². The molecule has 0 heterocycles. The minimum atomic E-state index is 0.786. The SMILES string of the molecule is C=Cc1ccc(N)cc1/C=C\C. The van der Waals surface area contributed by atoms with Gasteiger partial charge in [0.25, 0.3) is 0 Å². The van der Waals surface area contributed by atoms with Gasteiger partial charge < -0.3 is 5.73 Å². The van der Waals surface area contributed by atoms with Crippen LogP contribution in [-0.4, -0.2) is 0 Å². The van der Waals surface area contributed by atoms with Gasteiger partial charge in [0, 0.05) is 5.69 Å². The Morgan fingerprint density at radius 1 is 1.33 bits per heavy atom. The Bertz CT molecular complexity index is 311. The molecule has 1 heteroatoms. The number of allylic oxidation sites excluding steroid dienone is 1. The molecule has 1 aromatic rings. The van der Waals surface area contributed by atoms with Crippen LogP contribution in [0.1, 0.15) is 18.1 Å². The molecule has 0 saturated heterocycles. The highest BCUT2D eigenvalue weighted by atomic mass is 14.5. The van der Waals surface area contributed by atoms with Crippen molar-refractivity contribution in [3.05, 3.63) is 42.0 Å². The molecule has 0 aliphatic carbocycles. The normalized spacial score (nSPS) is 10.4. The van der Waals surface area contributed by atoms with Gasteiger partial charge in [-0.1, -0.05) is 30.9 Å². The van der Waals surface area contributed by atoms with Crippen LogP contribution in [0.4, 0.5) is 5.69 Å². The number of benzene rings is 1. The fourth-order valence-electron chi connectivity index (χ4n) is 1.10. The number of rotatable bonds is 2. The highest BCUT2D eigenvalue weighted by molar-refractivity contribution is 5.67. The number of hydrogen-bond acceptors (Lipinski definition) is 1. The van der Waals surface area contributed by atoms with Gasteiger partial charge >= 0.3 is 0 Å². The summed E-state index contributed by atoms with van der Waals surface area (Å²) in [5.74, 6) is 0. The van der Waals surface area contributed by atoms with Crippen LogP contribution in [0.15, 0.2) is 30.9 Å². The molecule has 12 heavy (non-hydrogen) atoms. The number of nitrogens with two attached hydrogens (primary N) is 1. The summed E-state index contributed by atoms with van der Waals surface area (Å²) in [5, 5.41) is 0. The third-order valence-corrected chi connectivity index (χ3v) is 1.68. The van der Waals surface area contributed by atoms with Crippen molar-refractivity contribution in [1.82, 2.24) is 0 Å². The van der Waals surface area contributed by atoms with E-state index >= 15 is 0 Å². The predicted molar refractivity (Wildman–Crippen MR) is 55.7 cm³/mol. The van der Waals surface area contributed by atoms with Crippen molar-refractivity contribution in [1.29, 1.82) is 0 Å². The van der Waals surface area contributed by atoms with Crippen molar-refractivity contribution >= 4 is 17.8 Å². The van der Waals surface area contributed by atoms with E-state index in [1.807, 2.05) is 43.4 Å². The first-order chi connectivity index (χ1) is 5.77. The Kier molecular flexibility index (Phi) is 2.70. The van der Waals surface area contributed by atoms with E-state index in [-0.39, 0.29) is 0 Å². The van der Waals surface area contributed by atoms with Crippen molar-refractivity contribution < 1.29 is 0 Å². The predicted octanol–water partition coefficient (Wildman–Crippen LogP) is 2.94. The van der Waals surface area contributed by atoms with Crippen LogP contribution in [0.2, 0.25) is 0 Å². The zero-order valence-electron chi connectivity index (χ0n) is 7.25. The highest BCUT2D eigenvalue weighted by Crippen LogP contribution is 2.16. The molecule has 0 aliphatic heterocycles. The molecule has 1 nitrogen and oxygen atoms in total. The van der Waals surface area contributed by atoms with Crippen molar-refractivity contribution in [2.75, 3.05) is 5.73 Å². The van der Waals surface area contributed by atoms with Gasteiger partial charge in [0.2, 0.25) is 0 Å². The van der Waals surface area contributed by atoms with E-state index < -0.39 is 0 Å². The van der Waals surface area contributed by atoms with E-state index in [0.29, 0.717) is 0 Å². The maximum atomic E-state index is 5.64. The first-order valence-electron chi connectivity index (χ1n) is 3.92. The smallest absolute Gasteiger partial charge is 0.0320 e. The minimum Gasteiger partial charge on any atom is -0.399 e. The van der Waals surface area contributed by atoms with E-state index in [0.717, 1.165) is 16.8 Å². The van der Waals surface area contributed by atoms with Gasteiger partial charge in [0.05, 0.1) is 0 Å². The zero-order valence-corrected chi connectivity index (χ0v) is 7.25. The average molecular weight is 159 g/mol. The second kappa shape index (κ2) is 3.77. The van der Waals surface area contributed by atoms with Gasteiger partial charge in [0.1, 0.15) is 0 Å². The Hall–Kier alpha value is -1.50. The third-order valence-electron chi connectivity index (χ3n) is 1.68. The monoisotopic (exact) mass is 159 g/mol. The lowest BCUT2D eigenvalue weighted by atomic mass is 10.1. The van der Waals surface area contributed by atoms with Gasteiger partial charge in [-0.05, 0) is 30.2 Å². The fraction of sp³-hybridized carbons (Fsp3) is 0.0909. The topological polar surface area (TPSA) is 26.0 Å². The quantitative estimate of drug-likeness (QED) is 0.660. The fourth-order valence-corrected chi connectivity index (χ4v) is 1.10. The lowest BCUT2D eigenvalue weighted by molar-refractivity contribution is 1.59. The standard InChI is InChI=1S/C11H13N/c1-3-5-10-8-11(12)7-6-9(10)4-2/h3-8H,2,12H2,1H3/b5-3-. The molecule has 0 amide bonds. The van der Waals surface area contributed by atoms with Gasteiger partial charge in [-0.2, -0.15) is 0 Å². The van der Waals surface area contributed by atoms with Crippen LogP contribution in [0.25, 0.3) is 12.2 Å². The van der Waals surface area contributed by atoms with Crippen molar-refractivity contribution in [3.8, 4) is 0 Å². The first-order valence-corrected chi connectivity index (χ1v) is 3.92. The summed E-state index contributed by atoms with van der Waals surface area (Å²) in [6.07, 6.45) is 5.84. The maximum Gasteiger partial charge on any atom is 0.0320 e. The van der Waals surface area contributed by atoms with E-state index in [9.17, 15) is 0 Å². The largest absolute Gasteiger partial charge is 0.399 e. The van der Waals surface area contributed by atoms with Gasteiger partial charge in [-0.15, -0.1) is 0 Å². The van der Waals surface area contributed by atoms with Crippen molar-refractivity contribution in [2.24, 2.45) is 0 Å².